The van der Waals surface area contributed by atoms with Crippen LogP contribution in [0, 0.1) is 11.6 Å². The number of hydrogen-bond acceptors (Lipinski definition) is 1. The third-order valence-corrected chi connectivity index (χ3v) is 1.92. The van der Waals surface area contributed by atoms with Gasteiger partial charge in [0.2, 0.25) is 0 Å². The smallest absolute Gasteiger partial charge is 0.159 e. The quantitative estimate of drug-likeness (QED) is 0.560. The number of rotatable bonds is 0. The maximum Gasteiger partial charge on any atom is 0.159 e. The molecular weight excluding hydrogens is 160 g/mol. The van der Waals surface area contributed by atoms with Gasteiger partial charge in [0, 0.05) is 12.8 Å². The zero-order valence-corrected chi connectivity index (χ0v) is 6.35. The fraction of sp³-hybridized carbons (Fsp3) is 0.222. The van der Waals surface area contributed by atoms with Crippen LogP contribution in [0.5, 0.6) is 0 Å². The van der Waals surface area contributed by atoms with Gasteiger partial charge in [0.05, 0.1) is 0 Å². The van der Waals surface area contributed by atoms with Crippen LogP contribution in [-0.4, -0.2) is 12.8 Å². The Morgan fingerprint density at radius 1 is 1.17 bits per heavy atom. The van der Waals surface area contributed by atoms with E-state index in [9.17, 15) is 8.78 Å². The highest BCUT2D eigenvalue weighted by molar-refractivity contribution is 5.82. The molecule has 0 fully saturated rings. The topological polar surface area (TPSA) is 12.4 Å². The molecule has 1 aromatic rings. The van der Waals surface area contributed by atoms with Crippen LogP contribution >= 0.6 is 0 Å². The molecule has 0 saturated carbocycles. The summed E-state index contributed by atoms with van der Waals surface area (Å²) in [4.78, 5) is 3.98. The zero-order valence-electron chi connectivity index (χ0n) is 6.35. The van der Waals surface area contributed by atoms with Crippen molar-refractivity contribution in [2.45, 2.75) is 6.42 Å². The number of fused-ring (bicyclic) bond motifs is 1. The average Bonchev–Trinajstić information content (AvgIpc) is 2.07. The van der Waals surface area contributed by atoms with Crippen LogP contribution in [0.2, 0.25) is 0 Å². The highest BCUT2D eigenvalue weighted by Gasteiger charge is 2.10. The predicted octanol–water partition coefficient (Wildman–Crippen LogP) is 1.94. The molecule has 1 heterocycles. The molecule has 0 bridgehead atoms. The van der Waals surface area contributed by atoms with Crippen LogP contribution in [0.3, 0.4) is 0 Å². The first kappa shape index (κ1) is 7.40. The van der Waals surface area contributed by atoms with E-state index in [1.54, 1.807) is 6.21 Å². The molecule has 0 spiro atoms. The van der Waals surface area contributed by atoms with Gasteiger partial charge in [-0.25, -0.2) is 8.78 Å². The molecule has 0 unspecified atom stereocenters. The second-order valence-corrected chi connectivity index (χ2v) is 2.75. The van der Waals surface area contributed by atoms with Gasteiger partial charge in [0.25, 0.3) is 0 Å². The summed E-state index contributed by atoms with van der Waals surface area (Å²) in [6, 6.07) is 2.43. The summed E-state index contributed by atoms with van der Waals surface area (Å²) < 4.78 is 25.4. The lowest BCUT2D eigenvalue weighted by Gasteiger charge is -2.09. The third-order valence-electron chi connectivity index (χ3n) is 1.92. The van der Waals surface area contributed by atoms with Crippen molar-refractivity contribution < 1.29 is 8.78 Å². The van der Waals surface area contributed by atoms with E-state index >= 15 is 0 Å². The summed E-state index contributed by atoms with van der Waals surface area (Å²) in [5.41, 5.74) is 1.53. The van der Waals surface area contributed by atoms with Crippen LogP contribution in [-0.2, 0) is 6.42 Å². The molecule has 0 radical (unpaired) electrons. The Hall–Kier alpha value is -1.25. The van der Waals surface area contributed by atoms with E-state index in [4.69, 9.17) is 0 Å². The van der Waals surface area contributed by atoms with Crippen molar-refractivity contribution in [1.82, 2.24) is 0 Å². The minimum absolute atomic E-state index is 0.665. The van der Waals surface area contributed by atoms with E-state index in [1.165, 1.54) is 12.1 Å². The van der Waals surface area contributed by atoms with Crippen molar-refractivity contribution in [1.29, 1.82) is 0 Å². The van der Waals surface area contributed by atoms with Gasteiger partial charge in [-0.15, -0.1) is 0 Å². The van der Waals surface area contributed by atoms with Crippen LogP contribution in [0.1, 0.15) is 11.1 Å². The van der Waals surface area contributed by atoms with E-state index in [0.29, 0.717) is 18.5 Å². The second kappa shape index (κ2) is 2.66. The Balaban J connectivity index is 2.58. The normalized spacial score (nSPS) is 14.5. The fourth-order valence-corrected chi connectivity index (χ4v) is 1.29. The molecule has 0 aliphatic carbocycles. The number of benzene rings is 1. The third kappa shape index (κ3) is 1.11. The molecule has 0 atom stereocenters. The SMILES string of the molecule is Fc1cc2c(cc1F)CCN=C2. The van der Waals surface area contributed by atoms with E-state index in [-0.39, 0.29) is 0 Å². The largest absolute Gasteiger partial charge is 0.292 e. The molecule has 1 aromatic carbocycles. The van der Waals surface area contributed by atoms with E-state index < -0.39 is 11.6 Å². The summed E-state index contributed by atoms with van der Waals surface area (Å²) in [5.74, 6) is -1.58. The van der Waals surface area contributed by atoms with Gasteiger partial charge in [-0.2, -0.15) is 0 Å². The number of hydrogen-bond donors (Lipinski definition) is 0. The number of aliphatic imine (C=N–C) groups is 1. The molecule has 0 N–H and O–H groups in total. The van der Waals surface area contributed by atoms with Gasteiger partial charge >= 0.3 is 0 Å². The van der Waals surface area contributed by atoms with Gasteiger partial charge in [-0.05, 0) is 29.7 Å². The Morgan fingerprint density at radius 2 is 1.92 bits per heavy atom. The average molecular weight is 167 g/mol. The van der Waals surface area contributed by atoms with E-state index in [0.717, 1.165) is 5.56 Å². The molecule has 62 valence electrons. The highest BCUT2D eigenvalue weighted by atomic mass is 19.2. The Kier molecular flexibility index (Phi) is 1.64. The molecule has 0 aromatic heterocycles. The minimum Gasteiger partial charge on any atom is -0.292 e. The summed E-state index contributed by atoms with van der Waals surface area (Å²) in [7, 11) is 0. The van der Waals surface area contributed by atoms with Gasteiger partial charge < -0.3 is 0 Å². The molecule has 3 heteroatoms. The zero-order chi connectivity index (χ0) is 8.55. The maximum absolute atomic E-state index is 12.7. The highest BCUT2D eigenvalue weighted by Crippen LogP contribution is 2.16. The van der Waals surface area contributed by atoms with E-state index in [1.807, 2.05) is 0 Å². The van der Waals surface area contributed by atoms with Crippen molar-refractivity contribution in [3.63, 3.8) is 0 Å². The Morgan fingerprint density at radius 3 is 2.75 bits per heavy atom. The lowest BCUT2D eigenvalue weighted by atomic mass is 10.0. The lowest BCUT2D eigenvalue weighted by Crippen LogP contribution is -2.04. The maximum atomic E-state index is 12.7. The lowest BCUT2D eigenvalue weighted by molar-refractivity contribution is 0.506. The minimum atomic E-state index is -0.804. The molecular formula is C9H7F2N. The summed E-state index contributed by atoms with van der Waals surface area (Å²) >= 11 is 0. The summed E-state index contributed by atoms with van der Waals surface area (Å²) in [5, 5.41) is 0. The number of halogens is 2. The van der Waals surface area contributed by atoms with Crippen molar-refractivity contribution in [3.05, 3.63) is 34.9 Å². The van der Waals surface area contributed by atoms with Crippen LogP contribution in [0.25, 0.3) is 0 Å². The molecule has 12 heavy (non-hydrogen) atoms. The van der Waals surface area contributed by atoms with Crippen molar-refractivity contribution in [2.24, 2.45) is 4.99 Å². The summed E-state index contributed by atoms with van der Waals surface area (Å²) in [6.45, 7) is 0.665. The summed E-state index contributed by atoms with van der Waals surface area (Å²) in [6.07, 6.45) is 2.28. The molecule has 0 saturated heterocycles. The van der Waals surface area contributed by atoms with E-state index in [2.05, 4.69) is 4.99 Å². The van der Waals surface area contributed by atoms with Crippen LogP contribution < -0.4 is 0 Å². The van der Waals surface area contributed by atoms with Crippen molar-refractivity contribution >= 4 is 6.21 Å². The molecule has 2 rings (SSSR count). The van der Waals surface area contributed by atoms with Gasteiger partial charge in [0.15, 0.2) is 11.6 Å². The van der Waals surface area contributed by atoms with Gasteiger partial charge in [-0.1, -0.05) is 0 Å². The van der Waals surface area contributed by atoms with Crippen molar-refractivity contribution in [2.75, 3.05) is 6.54 Å². The van der Waals surface area contributed by atoms with Gasteiger partial charge in [-0.3, -0.25) is 4.99 Å². The van der Waals surface area contributed by atoms with Gasteiger partial charge in [0.1, 0.15) is 0 Å². The molecule has 1 nitrogen and oxygen atoms in total. The second-order valence-electron chi connectivity index (χ2n) is 2.75. The molecule has 1 aliphatic rings. The first-order valence-corrected chi connectivity index (χ1v) is 3.75. The molecule has 1 aliphatic heterocycles. The molecule has 0 amide bonds. The van der Waals surface area contributed by atoms with Crippen LogP contribution in [0.15, 0.2) is 17.1 Å². The predicted molar refractivity (Wildman–Crippen MR) is 42.5 cm³/mol. The Labute approximate surface area is 68.7 Å². The van der Waals surface area contributed by atoms with Crippen molar-refractivity contribution in [3.8, 4) is 0 Å². The first-order valence-electron chi connectivity index (χ1n) is 3.75. The monoisotopic (exact) mass is 167 g/mol. The Bertz CT molecular complexity index is 345. The van der Waals surface area contributed by atoms with Crippen LogP contribution in [0.4, 0.5) is 8.78 Å². The standard InChI is InChI=1S/C9H7F2N/c10-8-3-6-1-2-12-5-7(6)4-9(8)11/h3-5H,1-2H2. The first-order chi connectivity index (χ1) is 5.77. The number of nitrogens with zero attached hydrogens (tertiary/aromatic N) is 1. The fourth-order valence-electron chi connectivity index (χ4n) is 1.29.